The molecule has 15 heteroatoms. The first-order chi connectivity index (χ1) is 20.0. The number of phenolic OH excluding ortho intramolecular Hbond substituents is 2. The molecule has 4 rings (SSSR count). The first-order valence-corrected chi connectivity index (χ1v) is 13.0. The van der Waals surface area contributed by atoms with E-state index in [1.165, 1.54) is 48.5 Å². The minimum atomic E-state index is -0.607. The summed E-state index contributed by atoms with van der Waals surface area (Å²) in [6, 6.07) is 17.4. The van der Waals surface area contributed by atoms with Gasteiger partial charge in [-0.3, -0.25) is 9.59 Å². The molecule has 43 heavy (non-hydrogen) atoms. The molecule has 4 N–H and O–H groups in total. The van der Waals surface area contributed by atoms with Crippen molar-refractivity contribution in [1.29, 1.82) is 0 Å². The average molecular weight is 703 g/mol. The van der Waals surface area contributed by atoms with E-state index in [9.17, 15) is 30.0 Å². The molecule has 221 valence electrons. The summed E-state index contributed by atoms with van der Waals surface area (Å²) in [5.41, 5.74) is 4.83. The zero-order valence-electron chi connectivity index (χ0n) is 21.4. The smallest absolute Gasteiger partial charge is 0.871 e. The molecule has 0 saturated heterocycles. The second-order valence-electron chi connectivity index (χ2n) is 8.04. The summed E-state index contributed by atoms with van der Waals surface area (Å²) in [5.74, 6) is -2.43. The van der Waals surface area contributed by atoms with Crippen LogP contribution in [-0.2, 0) is 17.1 Å². The van der Waals surface area contributed by atoms with E-state index in [4.69, 9.17) is 46.4 Å². The van der Waals surface area contributed by atoms with Crippen LogP contribution in [0.2, 0.25) is 20.1 Å². The number of benzene rings is 4. The van der Waals surface area contributed by atoms with Crippen LogP contribution in [0.15, 0.2) is 83.0 Å². The Morgan fingerprint density at radius 2 is 1.00 bits per heavy atom. The third-order valence-electron chi connectivity index (χ3n) is 5.11. The Hall–Kier alpha value is -3.96. The SMILES string of the molecule is O=C(N/N=C/c1cc(Cl)cc(Cl)c1[O-])c1ccccc1O.O=C(N/N=C\c1cc(Cl)cc(Cl)c1[O-])c1ccccc1O.[Mn+2]. The van der Waals surface area contributed by atoms with Crippen LogP contribution in [0.5, 0.6) is 23.0 Å². The van der Waals surface area contributed by atoms with Crippen LogP contribution in [0.3, 0.4) is 0 Å². The van der Waals surface area contributed by atoms with Crippen molar-refractivity contribution in [3.8, 4) is 23.0 Å². The number of amides is 2. The first kappa shape index (κ1) is 35.2. The summed E-state index contributed by atoms with van der Waals surface area (Å²) in [5, 5.41) is 50.2. The Kier molecular flexibility index (Phi) is 13.6. The molecular formula is C28H18Cl4MnN4O6. The van der Waals surface area contributed by atoms with Gasteiger partial charge in [0.1, 0.15) is 11.5 Å². The van der Waals surface area contributed by atoms with Crippen LogP contribution in [0.1, 0.15) is 31.8 Å². The van der Waals surface area contributed by atoms with Crippen molar-refractivity contribution >= 4 is 70.6 Å². The molecule has 0 aromatic heterocycles. The van der Waals surface area contributed by atoms with Gasteiger partial charge in [-0.25, -0.2) is 10.9 Å². The monoisotopic (exact) mass is 701 g/mol. The van der Waals surface area contributed by atoms with E-state index < -0.39 is 23.3 Å². The molecule has 2 amide bonds. The van der Waals surface area contributed by atoms with Crippen molar-refractivity contribution in [2.24, 2.45) is 10.2 Å². The van der Waals surface area contributed by atoms with Gasteiger partial charge in [-0.05, 0) is 59.7 Å². The van der Waals surface area contributed by atoms with Gasteiger partial charge >= 0.3 is 17.1 Å². The number of hydrogen-bond acceptors (Lipinski definition) is 8. The Bertz CT molecular complexity index is 1560. The van der Waals surface area contributed by atoms with Crippen molar-refractivity contribution in [3.05, 3.63) is 115 Å². The number of phenols is 2. The molecule has 0 spiro atoms. The molecule has 0 unspecified atom stereocenters. The standard InChI is InChI=1S/2C14H10Cl2N2O3.Mn/c2*15-9-5-8(13(20)11(16)6-9)7-17-18-14(21)10-3-1-2-4-12(10)19;/h2*1-7,19-20H,(H,18,21);/q;;+2/p-2/b17-7+;17-7-;. The topological polar surface area (TPSA) is 169 Å². The van der Waals surface area contributed by atoms with Crippen LogP contribution < -0.4 is 21.1 Å². The predicted molar refractivity (Wildman–Crippen MR) is 158 cm³/mol. The Labute approximate surface area is 275 Å². The predicted octanol–water partition coefficient (Wildman–Crippen LogP) is 5.07. The number of para-hydroxylation sites is 2. The fraction of sp³-hybridized carbons (Fsp3) is 0. The normalized spacial score (nSPS) is 10.5. The van der Waals surface area contributed by atoms with Gasteiger partial charge in [0.25, 0.3) is 11.8 Å². The van der Waals surface area contributed by atoms with Crippen LogP contribution in [0.25, 0.3) is 0 Å². The van der Waals surface area contributed by atoms with E-state index in [1.807, 2.05) is 0 Å². The van der Waals surface area contributed by atoms with Crippen molar-refractivity contribution in [2.75, 3.05) is 0 Å². The zero-order valence-corrected chi connectivity index (χ0v) is 25.6. The van der Waals surface area contributed by atoms with Gasteiger partial charge in [0.05, 0.1) is 23.6 Å². The molecule has 4 aromatic rings. The van der Waals surface area contributed by atoms with Crippen LogP contribution in [-0.4, -0.2) is 34.5 Å². The number of hydrazone groups is 2. The minimum Gasteiger partial charge on any atom is -0.871 e. The van der Waals surface area contributed by atoms with Crippen molar-refractivity contribution < 1.29 is 47.1 Å². The third kappa shape index (κ3) is 10.1. The molecule has 0 bridgehead atoms. The maximum Gasteiger partial charge on any atom is 2.00 e. The number of nitrogens with one attached hydrogen (secondary N) is 2. The van der Waals surface area contributed by atoms with E-state index in [0.29, 0.717) is 0 Å². The molecule has 0 aliphatic rings. The maximum absolute atomic E-state index is 11.8. The first-order valence-electron chi connectivity index (χ1n) is 11.5. The van der Waals surface area contributed by atoms with E-state index in [0.717, 1.165) is 12.4 Å². The van der Waals surface area contributed by atoms with Gasteiger partial charge in [-0.1, -0.05) is 82.2 Å². The van der Waals surface area contributed by atoms with Gasteiger partial charge in [0.15, 0.2) is 0 Å². The number of rotatable bonds is 6. The molecule has 1 radical (unpaired) electrons. The van der Waals surface area contributed by atoms with Crippen LogP contribution in [0.4, 0.5) is 0 Å². The molecule has 0 aliphatic carbocycles. The Balaban J connectivity index is 0.000000293. The summed E-state index contributed by atoms with van der Waals surface area (Å²) < 4.78 is 0. The van der Waals surface area contributed by atoms with Crippen molar-refractivity contribution in [1.82, 2.24) is 10.9 Å². The van der Waals surface area contributed by atoms with Gasteiger partial charge in [0, 0.05) is 20.1 Å². The van der Waals surface area contributed by atoms with E-state index >= 15 is 0 Å². The quantitative estimate of drug-likeness (QED) is 0.124. The summed E-state index contributed by atoms with van der Waals surface area (Å²) in [6.07, 6.45) is 2.27. The Morgan fingerprint density at radius 3 is 1.35 bits per heavy atom. The molecule has 10 nitrogen and oxygen atoms in total. The molecular weight excluding hydrogens is 685 g/mol. The summed E-state index contributed by atoms with van der Waals surface area (Å²) >= 11 is 22.9. The largest absolute Gasteiger partial charge is 2.00 e. The molecule has 0 atom stereocenters. The van der Waals surface area contributed by atoms with E-state index in [-0.39, 0.29) is 70.9 Å². The maximum atomic E-state index is 11.8. The molecule has 0 fully saturated rings. The summed E-state index contributed by atoms with van der Waals surface area (Å²) in [7, 11) is 0. The fourth-order valence-corrected chi connectivity index (χ4v) is 4.14. The van der Waals surface area contributed by atoms with Gasteiger partial charge in [0.2, 0.25) is 0 Å². The van der Waals surface area contributed by atoms with Crippen molar-refractivity contribution in [2.45, 2.75) is 0 Å². The Morgan fingerprint density at radius 1 is 0.651 bits per heavy atom. The molecule has 0 aliphatic heterocycles. The van der Waals surface area contributed by atoms with Crippen molar-refractivity contribution in [3.63, 3.8) is 0 Å². The van der Waals surface area contributed by atoms with Gasteiger partial charge < -0.3 is 20.4 Å². The van der Waals surface area contributed by atoms with E-state index in [2.05, 4.69) is 21.1 Å². The number of aromatic hydroxyl groups is 2. The summed E-state index contributed by atoms with van der Waals surface area (Å²) in [4.78, 5) is 23.5. The number of carbonyl (C=O) groups is 2. The fourth-order valence-electron chi connectivity index (χ4n) is 3.12. The molecule has 0 heterocycles. The second kappa shape index (κ2) is 16.6. The van der Waals surface area contributed by atoms with Gasteiger partial charge in [-0.15, -0.1) is 0 Å². The number of hydrogen-bond donors (Lipinski definition) is 4. The number of halogens is 4. The van der Waals surface area contributed by atoms with E-state index in [1.54, 1.807) is 24.3 Å². The average Bonchev–Trinajstić information content (AvgIpc) is 2.94. The summed E-state index contributed by atoms with van der Waals surface area (Å²) in [6.45, 7) is 0. The van der Waals surface area contributed by atoms with Crippen LogP contribution >= 0.6 is 46.4 Å². The molecule has 0 saturated carbocycles. The minimum absolute atomic E-state index is 0. The third-order valence-corrected chi connectivity index (χ3v) is 6.11. The number of carbonyl (C=O) groups excluding carboxylic acids is 2. The zero-order chi connectivity index (χ0) is 30.8. The second-order valence-corrected chi connectivity index (χ2v) is 9.73. The number of nitrogens with zero attached hydrogens (tertiary/aromatic N) is 2. The van der Waals surface area contributed by atoms with Crippen LogP contribution in [0, 0.1) is 0 Å². The van der Waals surface area contributed by atoms with Gasteiger partial charge in [-0.2, -0.15) is 10.2 Å². The molecule has 4 aromatic carbocycles.